The molecule has 3 aromatic rings. The zero-order chi connectivity index (χ0) is 17.5. The molecule has 0 nitrogen and oxygen atoms in total. The first-order chi connectivity index (χ1) is 12.8. The number of fused-ring (bicyclic) bond motifs is 4. The summed E-state index contributed by atoms with van der Waals surface area (Å²) in [6.07, 6.45) is 10.2. The molecule has 3 aromatic carbocycles. The molecule has 0 N–H and O–H groups in total. The van der Waals surface area contributed by atoms with Crippen LogP contribution in [0.3, 0.4) is 0 Å². The van der Waals surface area contributed by atoms with Crippen molar-refractivity contribution in [2.24, 2.45) is 5.92 Å². The highest BCUT2D eigenvalue weighted by molar-refractivity contribution is 5.92. The van der Waals surface area contributed by atoms with Crippen molar-refractivity contribution in [3.8, 4) is 0 Å². The maximum Gasteiger partial charge on any atom is -0.00760 e. The van der Waals surface area contributed by atoms with Crippen LogP contribution in [0.2, 0.25) is 0 Å². The number of rotatable bonds is 1. The Kier molecular flexibility index (Phi) is 3.64. The summed E-state index contributed by atoms with van der Waals surface area (Å²) in [5, 5.41) is 2.60. The lowest BCUT2D eigenvalue weighted by Crippen LogP contribution is -2.07. The van der Waals surface area contributed by atoms with Gasteiger partial charge < -0.3 is 0 Å². The molecule has 2 aliphatic carbocycles. The van der Waals surface area contributed by atoms with Gasteiger partial charge in [0.05, 0.1) is 0 Å². The molecule has 0 amide bonds. The first-order valence-corrected chi connectivity index (χ1v) is 9.48. The van der Waals surface area contributed by atoms with Crippen LogP contribution >= 0.6 is 0 Å². The molecule has 2 atom stereocenters. The lowest BCUT2D eigenvalue weighted by molar-refractivity contribution is 0.547. The first-order valence-electron chi connectivity index (χ1n) is 9.48. The summed E-state index contributed by atoms with van der Waals surface area (Å²) in [6.45, 7) is 2.38. The van der Waals surface area contributed by atoms with Crippen molar-refractivity contribution in [1.29, 1.82) is 0 Å². The Morgan fingerprint density at radius 1 is 0.808 bits per heavy atom. The summed E-state index contributed by atoms with van der Waals surface area (Å²) in [5.74, 6) is 1.08. The number of benzene rings is 3. The molecule has 2 aliphatic rings. The van der Waals surface area contributed by atoms with E-state index in [9.17, 15) is 0 Å². The molecule has 0 radical (unpaired) electrons. The Balaban J connectivity index is 1.81. The molecular formula is C26H22. The van der Waals surface area contributed by atoms with Gasteiger partial charge in [-0.05, 0) is 62.9 Å². The van der Waals surface area contributed by atoms with E-state index in [0.717, 1.165) is 6.42 Å². The van der Waals surface area contributed by atoms with Crippen molar-refractivity contribution in [2.75, 3.05) is 0 Å². The minimum absolute atomic E-state index is 0.523. The average molecular weight is 334 g/mol. The van der Waals surface area contributed by atoms with Crippen LogP contribution < -0.4 is 0 Å². The van der Waals surface area contributed by atoms with Gasteiger partial charge in [-0.3, -0.25) is 0 Å². The SMILES string of the molecule is CC1c2ccccc2C(c2ccc3ccccc3c2)=C2C=CC=CC1C2. The van der Waals surface area contributed by atoms with Crippen molar-refractivity contribution in [2.45, 2.75) is 19.3 Å². The molecule has 126 valence electrons. The van der Waals surface area contributed by atoms with Gasteiger partial charge in [0, 0.05) is 0 Å². The van der Waals surface area contributed by atoms with Crippen LogP contribution in [0.4, 0.5) is 0 Å². The highest BCUT2D eigenvalue weighted by Crippen LogP contribution is 2.44. The minimum Gasteiger partial charge on any atom is -0.0805 e. The Morgan fingerprint density at radius 3 is 2.54 bits per heavy atom. The molecule has 26 heavy (non-hydrogen) atoms. The smallest absolute Gasteiger partial charge is 0.00760 e. The van der Waals surface area contributed by atoms with Crippen molar-refractivity contribution < 1.29 is 0 Å². The van der Waals surface area contributed by atoms with Gasteiger partial charge in [-0.25, -0.2) is 0 Å². The van der Waals surface area contributed by atoms with E-state index in [1.807, 2.05) is 0 Å². The highest BCUT2D eigenvalue weighted by Gasteiger charge is 2.27. The fourth-order valence-corrected chi connectivity index (χ4v) is 4.51. The average Bonchev–Trinajstić information content (AvgIpc) is 2.99. The van der Waals surface area contributed by atoms with Crippen molar-refractivity contribution in [3.05, 3.63) is 113 Å². The molecule has 0 heterocycles. The largest absolute Gasteiger partial charge is 0.0805 e. The standard InChI is InChI=1S/C26H22/c1-18-20-9-3-5-11-22(16-20)26(25-13-7-6-12-24(18)25)23-15-14-19-8-2-4-10-21(19)17-23/h2-15,17-18,20H,16H2,1H3. The number of hydrogen-bond donors (Lipinski definition) is 0. The first kappa shape index (κ1) is 15.4. The maximum atomic E-state index is 2.38. The lowest BCUT2D eigenvalue weighted by Gasteiger charge is -2.20. The van der Waals surface area contributed by atoms with Crippen LogP contribution in [0.1, 0.15) is 36.0 Å². The minimum atomic E-state index is 0.523. The Morgan fingerprint density at radius 2 is 1.62 bits per heavy atom. The highest BCUT2D eigenvalue weighted by atomic mass is 14.3. The summed E-state index contributed by atoms with van der Waals surface area (Å²) in [7, 11) is 0. The molecule has 0 aromatic heterocycles. The maximum absolute atomic E-state index is 2.38. The van der Waals surface area contributed by atoms with Crippen LogP contribution in [0.5, 0.6) is 0 Å². The third-order valence-corrected chi connectivity index (χ3v) is 5.94. The second-order valence-corrected chi connectivity index (χ2v) is 7.45. The predicted molar refractivity (Wildman–Crippen MR) is 111 cm³/mol. The number of hydrogen-bond acceptors (Lipinski definition) is 0. The van der Waals surface area contributed by atoms with E-state index in [2.05, 4.69) is 98.0 Å². The molecule has 0 heteroatoms. The van der Waals surface area contributed by atoms with Crippen molar-refractivity contribution in [1.82, 2.24) is 0 Å². The van der Waals surface area contributed by atoms with E-state index in [4.69, 9.17) is 0 Å². The molecule has 2 unspecified atom stereocenters. The van der Waals surface area contributed by atoms with E-state index >= 15 is 0 Å². The van der Waals surface area contributed by atoms with Gasteiger partial charge in [-0.15, -0.1) is 0 Å². The Bertz CT molecular complexity index is 1080. The van der Waals surface area contributed by atoms with Gasteiger partial charge in [-0.2, -0.15) is 0 Å². The zero-order valence-electron chi connectivity index (χ0n) is 15.0. The van der Waals surface area contributed by atoms with E-state index in [0.29, 0.717) is 11.8 Å². The van der Waals surface area contributed by atoms with Gasteiger partial charge in [-0.1, -0.05) is 91.9 Å². The monoisotopic (exact) mass is 334 g/mol. The Labute approximate surface area is 155 Å². The molecule has 0 spiro atoms. The predicted octanol–water partition coefficient (Wildman–Crippen LogP) is 6.89. The number of allylic oxidation sites excluding steroid dienone is 5. The van der Waals surface area contributed by atoms with Gasteiger partial charge in [0.1, 0.15) is 0 Å². The van der Waals surface area contributed by atoms with Gasteiger partial charge in [0.15, 0.2) is 0 Å². The quantitative estimate of drug-likeness (QED) is 0.454. The van der Waals surface area contributed by atoms with E-state index < -0.39 is 0 Å². The molecule has 0 aliphatic heterocycles. The van der Waals surface area contributed by atoms with Gasteiger partial charge >= 0.3 is 0 Å². The van der Waals surface area contributed by atoms with Gasteiger partial charge in [0.2, 0.25) is 0 Å². The summed E-state index contributed by atoms with van der Waals surface area (Å²) < 4.78 is 0. The van der Waals surface area contributed by atoms with Crippen LogP contribution in [-0.4, -0.2) is 0 Å². The zero-order valence-corrected chi connectivity index (χ0v) is 15.0. The van der Waals surface area contributed by atoms with Crippen molar-refractivity contribution >= 4 is 16.3 Å². The summed E-state index contributed by atoms with van der Waals surface area (Å²) in [5.41, 5.74) is 7.04. The van der Waals surface area contributed by atoms with E-state index in [1.54, 1.807) is 0 Å². The normalized spacial score (nSPS) is 21.4. The molecule has 0 saturated carbocycles. The summed E-state index contributed by atoms with van der Waals surface area (Å²) in [4.78, 5) is 0. The molecular weight excluding hydrogens is 312 g/mol. The van der Waals surface area contributed by atoms with Crippen LogP contribution in [-0.2, 0) is 0 Å². The topological polar surface area (TPSA) is 0 Å². The molecule has 2 bridgehead atoms. The fraction of sp³-hybridized carbons (Fsp3) is 0.154. The summed E-state index contributed by atoms with van der Waals surface area (Å²) in [6, 6.07) is 24.5. The van der Waals surface area contributed by atoms with Crippen LogP contribution in [0.15, 0.2) is 96.6 Å². The fourth-order valence-electron chi connectivity index (χ4n) is 4.51. The Hall–Kier alpha value is -2.86. The van der Waals surface area contributed by atoms with E-state index in [1.165, 1.54) is 38.6 Å². The van der Waals surface area contributed by atoms with Crippen LogP contribution in [0.25, 0.3) is 16.3 Å². The third kappa shape index (κ3) is 2.45. The lowest BCUT2D eigenvalue weighted by atomic mass is 9.84. The summed E-state index contributed by atoms with van der Waals surface area (Å²) >= 11 is 0. The molecule has 5 rings (SSSR count). The van der Waals surface area contributed by atoms with Crippen molar-refractivity contribution in [3.63, 3.8) is 0 Å². The van der Waals surface area contributed by atoms with Crippen LogP contribution in [0, 0.1) is 5.92 Å². The second kappa shape index (κ2) is 6.14. The molecule has 0 saturated heterocycles. The van der Waals surface area contributed by atoms with Gasteiger partial charge in [0.25, 0.3) is 0 Å². The molecule has 0 fully saturated rings. The second-order valence-electron chi connectivity index (χ2n) is 7.45. The van der Waals surface area contributed by atoms with E-state index in [-0.39, 0.29) is 0 Å². The third-order valence-electron chi connectivity index (χ3n) is 5.94.